The first-order valence-corrected chi connectivity index (χ1v) is 4.80. The van der Waals surface area contributed by atoms with E-state index in [2.05, 4.69) is 9.05 Å². The second kappa shape index (κ2) is 4.50. The molecule has 0 aromatic carbocycles. The van der Waals surface area contributed by atoms with Crippen LogP contribution in [0.15, 0.2) is 0 Å². The van der Waals surface area contributed by atoms with Crippen LogP contribution in [0.1, 0.15) is 13.3 Å². The highest BCUT2D eigenvalue weighted by atomic mass is 31.2. The Bertz CT molecular complexity index is 190. The van der Waals surface area contributed by atoms with Gasteiger partial charge >= 0.3 is 7.60 Å². The van der Waals surface area contributed by atoms with Crippen LogP contribution in [0.25, 0.3) is 0 Å². The third-order valence-corrected chi connectivity index (χ3v) is 3.72. The summed E-state index contributed by atoms with van der Waals surface area (Å²) in [7, 11) is -0.376. The molecule has 0 N–H and O–H groups in total. The zero-order valence-electron chi connectivity index (χ0n) is 6.90. The molecule has 0 aromatic heterocycles. The molecule has 11 heavy (non-hydrogen) atoms. The van der Waals surface area contributed by atoms with Crippen LogP contribution in [0.5, 0.6) is 0 Å². The van der Waals surface area contributed by atoms with Gasteiger partial charge in [0.15, 0.2) is 0 Å². The molecule has 1 unspecified atom stereocenters. The molecular weight excluding hydrogens is 165 g/mol. The van der Waals surface area contributed by atoms with Gasteiger partial charge in [-0.1, -0.05) is 6.92 Å². The van der Waals surface area contributed by atoms with E-state index in [1.807, 2.05) is 6.07 Å². The maximum absolute atomic E-state index is 11.4. The Morgan fingerprint density at radius 2 is 2.00 bits per heavy atom. The summed E-state index contributed by atoms with van der Waals surface area (Å²) in [6, 6.07) is 1.91. The predicted octanol–water partition coefficient (Wildman–Crippen LogP) is 1.77. The molecule has 0 aliphatic carbocycles. The number of nitriles is 1. The summed E-state index contributed by atoms with van der Waals surface area (Å²) in [5, 5.41) is 8.31. The maximum atomic E-state index is 11.4. The first kappa shape index (κ1) is 10.6. The maximum Gasteiger partial charge on any atom is 0.333 e. The van der Waals surface area contributed by atoms with Crippen LogP contribution in [0.4, 0.5) is 0 Å². The third-order valence-electron chi connectivity index (χ3n) is 1.44. The average Bonchev–Trinajstić information content (AvgIpc) is 2.03. The largest absolute Gasteiger partial charge is 0.333 e. The van der Waals surface area contributed by atoms with Crippen molar-refractivity contribution in [3.8, 4) is 6.07 Å². The molecule has 0 aromatic rings. The molecule has 5 heteroatoms. The number of nitrogens with zero attached hydrogens (tertiary/aromatic N) is 1. The van der Waals surface area contributed by atoms with Crippen molar-refractivity contribution in [2.75, 3.05) is 14.2 Å². The van der Waals surface area contributed by atoms with E-state index in [0.29, 0.717) is 0 Å². The van der Waals surface area contributed by atoms with Gasteiger partial charge in [0, 0.05) is 20.6 Å². The molecule has 0 radical (unpaired) electrons. The molecule has 4 nitrogen and oxygen atoms in total. The summed E-state index contributed by atoms with van der Waals surface area (Å²) >= 11 is 0. The Kier molecular flexibility index (Phi) is 4.36. The second-order valence-electron chi connectivity index (χ2n) is 2.12. The zero-order valence-corrected chi connectivity index (χ0v) is 7.80. The highest BCUT2D eigenvalue weighted by Gasteiger charge is 2.29. The predicted molar refractivity (Wildman–Crippen MR) is 41.3 cm³/mol. The molecule has 0 aliphatic heterocycles. The van der Waals surface area contributed by atoms with Crippen molar-refractivity contribution >= 4 is 7.60 Å². The van der Waals surface area contributed by atoms with E-state index in [1.165, 1.54) is 14.2 Å². The normalized spacial score (nSPS) is 14.0. The molecule has 0 saturated carbocycles. The van der Waals surface area contributed by atoms with E-state index >= 15 is 0 Å². The molecular formula is C6H12NO3P. The summed E-state index contributed by atoms with van der Waals surface area (Å²) in [6.45, 7) is 1.66. The Morgan fingerprint density at radius 1 is 1.55 bits per heavy atom. The van der Waals surface area contributed by atoms with E-state index in [-0.39, 0.29) is 12.1 Å². The van der Waals surface area contributed by atoms with Crippen molar-refractivity contribution in [2.45, 2.75) is 19.0 Å². The quantitative estimate of drug-likeness (QED) is 0.614. The minimum Gasteiger partial charge on any atom is -0.312 e. The molecule has 0 saturated heterocycles. The van der Waals surface area contributed by atoms with Gasteiger partial charge in [0.1, 0.15) is 0 Å². The van der Waals surface area contributed by atoms with E-state index in [0.717, 1.165) is 0 Å². The highest BCUT2D eigenvalue weighted by Crippen LogP contribution is 2.52. The van der Waals surface area contributed by atoms with Crippen LogP contribution >= 0.6 is 7.60 Å². The minimum absolute atomic E-state index is 0.180. The molecule has 1 atom stereocenters. The van der Waals surface area contributed by atoms with Crippen LogP contribution in [0, 0.1) is 11.3 Å². The van der Waals surface area contributed by atoms with Crippen LogP contribution in [0.2, 0.25) is 0 Å². The number of hydrogen-bond donors (Lipinski definition) is 0. The van der Waals surface area contributed by atoms with Crippen molar-refractivity contribution in [3.63, 3.8) is 0 Å². The van der Waals surface area contributed by atoms with E-state index < -0.39 is 7.60 Å². The lowest BCUT2D eigenvalue weighted by molar-refractivity contribution is 0.267. The molecule has 0 rings (SSSR count). The van der Waals surface area contributed by atoms with Gasteiger partial charge in [-0.05, 0) is 0 Å². The summed E-state index contributed by atoms with van der Waals surface area (Å²) in [4.78, 5) is 0. The smallest absolute Gasteiger partial charge is 0.312 e. The van der Waals surface area contributed by atoms with Crippen molar-refractivity contribution in [3.05, 3.63) is 0 Å². The van der Waals surface area contributed by atoms with Gasteiger partial charge in [0.25, 0.3) is 0 Å². The Labute approximate surface area is 66.6 Å². The lowest BCUT2D eigenvalue weighted by Crippen LogP contribution is -2.05. The van der Waals surface area contributed by atoms with Crippen LogP contribution in [-0.4, -0.2) is 19.9 Å². The Balaban J connectivity index is 4.27. The van der Waals surface area contributed by atoms with Crippen molar-refractivity contribution in [2.24, 2.45) is 0 Å². The fourth-order valence-electron chi connectivity index (χ4n) is 0.678. The van der Waals surface area contributed by atoms with Crippen LogP contribution in [0.3, 0.4) is 0 Å². The van der Waals surface area contributed by atoms with Gasteiger partial charge < -0.3 is 9.05 Å². The van der Waals surface area contributed by atoms with E-state index in [9.17, 15) is 4.57 Å². The van der Waals surface area contributed by atoms with Crippen LogP contribution < -0.4 is 0 Å². The van der Waals surface area contributed by atoms with Crippen molar-refractivity contribution in [1.29, 1.82) is 5.26 Å². The van der Waals surface area contributed by atoms with E-state index in [1.54, 1.807) is 6.92 Å². The molecule has 0 amide bonds. The van der Waals surface area contributed by atoms with Crippen molar-refractivity contribution in [1.82, 2.24) is 0 Å². The lowest BCUT2D eigenvalue weighted by atomic mass is 10.4. The molecule has 0 fully saturated rings. The minimum atomic E-state index is -3.01. The molecule has 64 valence electrons. The standard InChI is InChI=1S/C6H12NO3P/c1-6(4-5-7)11(8,9-2)10-3/h6H,4H2,1-3H3. The molecule has 0 bridgehead atoms. The number of hydrogen-bond acceptors (Lipinski definition) is 4. The van der Waals surface area contributed by atoms with Gasteiger partial charge in [-0.3, -0.25) is 4.57 Å². The van der Waals surface area contributed by atoms with Gasteiger partial charge in [0.05, 0.1) is 11.7 Å². The summed E-state index contributed by atoms with van der Waals surface area (Å²) in [6.07, 6.45) is 0.180. The lowest BCUT2D eigenvalue weighted by Gasteiger charge is -2.17. The molecule has 0 heterocycles. The Morgan fingerprint density at radius 3 is 2.27 bits per heavy atom. The van der Waals surface area contributed by atoms with Gasteiger partial charge in [0.2, 0.25) is 0 Å². The fourth-order valence-corrected chi connectivity index (χ4v) is 1.85. The summed E-state index contributed by atoms with van der Waals surface area (Å²) < 4.78 is 20.8. The first-order chi connectivity index (χ1) is 5.10. The first-order valence-electron chi connectivity index (χ1n) is 3.19. The van der Waals surface area contributed by atoms with Crippen LogP contribution in [-0.2, 0) is 13.6 Å². The van der Waals surface area contributed by atoms with Crippen molar-refractivity contribution < 1.29 is 13.6 Å². The van der Waals surface area contributed by atoms with Gasteiger partial charge in [-0.2, -0.15) is 5.26 Å². The third kappa shape index (κ3) is 2.63. The summed E-state index contributed by atoms with van der Waals surface area (Å²) in [5.41, 5.74) is -0.359. The molecule has 0 aliphatic rings. The van der Waals surface area contributed by atoms with Gasteiger partial charge in [-0.15, -0.1) is 0 Å². The number of rotatable bonds is 4. The Hall–Kier alpha value is -0.360. The SMILES string of the molecule is COP(=O)(OC)C(C)CC#N. The van der Waals surface area contributed by atoms with E-state index in [4.69, 9.17) is 5.26 Å². The fraction of sp³-hybridized carbons (Fsp3) is 0.833. The highest BCUT2D eigenvalue weighted by molar-refractivity contribution is 7.54. The topological polar surface area (TPSA) is 59.3 Å². The van der Waals surface area contributed by atoms with Gasteiger partial charge in [-0.25, -0.2) is 0 Å². The monoisotopic (exact) mass is 177 g/mol. The molecule has 0 spiro atoms. The average molecular weight is 177 g/mol. The summed E-state index contributed by atoms with van der Waals surface area (Å²) in [5.74, 6) is 0. The second-order valence-corrected chi connectivity index (χ2v) is 4.81. The zero-order chi connectivity index (χ0) is 8.91.